The topological polar surface area (TPSA) is 146 Å². The summed E-state index contributed by atoms with van der Waals surface area (Å²) >= 11 is 0. The van der Waals surface area contributed by atoms with Crippen molar-refractivity contribution in [3.05, 3.63) is 41.2 Å². The highest BCUT2D eigenvalue weighted by atomic mass is 16.6. The van der Waals surface area contributed by atoms with Crippen molar-refractivity contribution in [1.29, 1.82) is 0 Å². The van der Waals surface area contributed by atoms with Crippen LogP contribution in [0.4, 0.5) is 5.82 Å². The highest BCUT2D eigenvalue weighted by Crippen LogP contribution is 2.17. The SMILES string of the molecule is CCCc1c(C(=O)NN=C(C)c2ccc(OCC)cc2)nnn1-c1nonc1N. The van der Waals surface area contributed by atoms with Gasteiger partial charge < -0.3 is 10.5 Å². The number of nitrogen functional groups attached to an aromatic ring is 1. The molecule has 2 aromatic heterocycles. The first-order valence-corrected chi connectivity index (χ1v) is 9.16. The zero-order valence-electron chi connectivity index (χ0n) is 16.4. The van der Waals surface area contributed by atoms with Crippen LogP contribution in [0, 0.1) is 0 Å². The number of hydrazone groups is 1. The Hall–Kier alpha value is -3.76. The van der Waals surface area contributed by atoms with E-state index in [0.717, 1.165) is 17.7 Å². The fourth-order valence-corrected chi connectivity index (χ4v) is 2.66. The Labute approximate surface area is 166 Å². The van der Waals surface area contributed by atoms with Gasteiger partial charge in [-0.2, -0.15) is 9.78 Å². The van der Waals surface area contributed by atoms with Gasteiger partial charge in [0.1, 0.15) is 5.75 Å². The molecule has 3 aromatic rings. The van der Waals surface area contributed by atoms with Gasteiger partial charge in [-0.25, -0.2) is 10.1 Å². The van der Waals surface area contributed by atoms with Crippen LogP contribution in [-0.2, 0) is 6.42 Å². The molecule has 0 bridgehead atoms. The number of rotatable bonds is 8. The molecule has 3 rings (SSSR count). The van der Waals surface area contributed by atoms with Crippen molar-refractivity contribution in [1.82, 2.24) is 30.7 Å². The summed E-state index contributed by atoms with van der Waals surface area (Å²) in [6.45, 7) is 6.28. The Morgan fingerprint density at radius 2 is 2.03 bits per heavy atom. The quantitative estimate of drug-likeness (QED) is 0.431. The highest BCUT2D eigenvalue weighted by molar-refractivity contribution is 6.00. The van der Waals surface area contributed by atoms with Crippen LogP contribution in [0.2, 0.25) is 0 Å². The maximum atomic E-state index is 12.6. The third-order valence-electron chi connectivity index (χ3n) is 4.07. The predicted octanol–water partition coefficient (Wildman–Crippen LogP) is 1.74. The van der Waals surface area contributed by atoms with E-state index < -0.39 is 5.91 Å². The number of amides is 1. The maximum Gasteiger partial charge on any atom is 0.293 e. The van der Waals surface area contributed by atoms with E-state index in [9.17, 15) is 4.79 Å². The molecule has 0 aliphatic rings. The van der Waals surface area contributed by atoms with Crippen molar-refractivity contribution in [3.8, 4) is 11.6 Å². The number of hydrogen-bond acceptors (Lipinski definition) is 9. The fourth-order valence-electron chi connectivity index (χ4n) is 2.66. The zero-order valence-corrected chi connectivity index (χ0v) is 16.4. The number of hydrogen-bond donors (Lipinski definition) is 2. The lowest BCUT2D eigenvalue weighted by Crippen LogP contribution is -2.21. The molecule has 0 unspecified atom stereocenters. The number of carbonyl (C=O) groups is 1. The van der Waals surface area contributed by atoms with Crippen LogP contribution in [0.15, 0.2) is 34.0 Å². The van der Waals surface area contributed by atoms with E-state index >= 15 is 0 Å². The second kappa shape index (κ2) is 8.95. The minimum atomic E-state index is -0.486. The van der Waals surface area contributed by atoms with Crippen LogP contribution < -0.4 is 15.9 Å². The van der Waals surface area contributed by atoms with Gasteiger partial charge in [-0.05, 0) is 60.4 Å². The van der Waals surface area contributed by atoms with E-state index in [-0.39, 0.29) is 17.3 Å². The van der Waals surface area contributed by atoms with Crippen LogP contribution in [0.25, 0.3) is 5.82 Å². The lowest BCUT2D eigenvalue weighted by Gasteiger charge is -2.06. The van der Waals surface area contributed by atoms with Gasteiger partial charge in [-0.1, -0.05) is 18.6 Å². The lowest BCUT2D eigenvalue weighted by molar-refractivity contribution is 0.0948. The molecule has 3 N–H and O–H groups in total. The monoisotopic (exact) mass is 398 g/mol. The van der Waals surface area contributed by atoms with Crippen LogP contribution >= 0.6 is 0 Å². The summed E-state index contributed by atoms with van der Waals surface area (Å²) in [5, 5.41) is 19.3. The molecule has 0 fully saturated rings. The number of ether oxygens (including phenoxy) is 1. The van der Waals surface area contributed by atoms with Gasteiger partial charge in [0.2, 0.25) is 11.6 Å². The fraction of sp³-hybridized carbons (Fsp3) is 0.333. The minimum Gasteiger partial charge on any atom is -0.494 e. The number of aromatic nitrogens is 5. The number of nitrogens with zero attached hydrogens (tertiary/aromatic N) is 6. The Kier molecular flexibility index (Phi) is 6.17. The number of carbonyl (C=O) groups excluding carboxylic acids is 1. The maximum absolute atomic E-state index is 12.6. The van der Waals surface area contributed by atoms with E-state index in [1.165, 1.54) is 4.68 Å². The molecule has 0 spiro atoms. The largest absolute Gasteiger partial charge is 0.494 e. The molecule has 0 saturated carbocycles. The Morgan fingerprint density at radius 1 is 1.28 bits per heavy atom. The molecule has 2 heterocycles. The van der Waals surface area contributed by atoms with E-state index in [0.29, 0.717) is 24.4 Å². The smallest absolute Gasteiger partial charge is 0.293 e. The average molecular weight is 398 g/mol. The van der Waals surface area contributed by atoms with Gasteiger partial charge in [0.25, 0.3) is 5.91 Å². The molecule has 29 heavy (non-hydrogen) atoms. The lowest BCUT2D eigenvalue weighted by atomic mass is 10.1. The summed E-state index contributed by atoms with van der Waals surface area (Å²) in [5.41, 5.74) is 10.4. The van der Waals surface area contributed by atoms with Crippen LogP contribution in [0.5, 0.6) is 5.75 Å². The van der Waals surface area contributed by atoms with Crippen molar-refractivity contribution >= 4 is 17.4 Å². The molecule has 1 aromatic carbocycles. The first-order chi connectivity index (χ1) is 14.0. The van der Waals surface area contributed by atoms with Gasteiger partial charge >= 0.3 is 0 Å². The van der Waals surface area contributed by atoms with Crippen molar-refractivity contribution in [2.24, 2.45) is 5.10 Å². The summed E-state index contributed by atoms with van der Waals surface area (Å²) in [6.07, 6.45) is 1.29. The zero-order chi connectivity index (χ0) is 20.8. The molecule has 0 saturated heterocycles. The number of nitrogens with one attached hydrogen (secondary N) is 1. The summed E-state index contributed by atoms with van der Waals surface area (Å²) in [5.74, 6) is 0.535. The number of anilines is 1. The molecule has 0 aliphatic heterocycles. The molecule has 0 radical (unpaired) electrons. The van der Waals surface area contributed by atoms with E-state index in [2.05, 4.69) is 35.8 Å². The standard InChI is InChI=1S/C18H22N8O3/c1-4-6-14-15(21-25-26(14)17-16(19)23-29-24-17)18(27)22-20-11(3)12-7-9-13(10-8-12)28-5-2/h7-10H,4-6H2,1-3H3,(H2,19,23)(H,22,27). The molecule has 0 aliphatic carbocycles. The first-order valence-electron chi connectivity index (χ1n) is 9.16. The van der Waals surface area contributed by atoms with Crippen molar-refractivity contribution < 1.29 is 14.2 Å². The molecule has 11 nitrogen and oxygen atoms in total. The summed E-state index contributed by atoms with van der Waals surface area (Å²) in [6, 6.07) is 7.44. The third kappa shape index (κ3) is 4.39. The molecule has 1 amide bonds. The summed E-state index contributed by atoms with van der Waals surface area (Å²) in [4.78, 5) is 12.6. The summed E-state index contributed by atoms with van der Waals surface area (Å²) in [7, 11) is 0. The van der Waals surface area contributed by atoms with Crippen molar-refractivity contribution in [2.45, 2.75) is 33.6 Å². The summed E-state index contributed by atoms with van der Waals surface area (Å²) < 4.78 is 11.4. The first kappa shape index (κ1) is 20.0. The minimum absolute atomic E-state index is 0.0589. The third-order valence-corrected chi connectivity index (χ3v) is 4.07. The van der Waals surface area contributed by atoms with E-state index in [4.69, 9.17) is 10.5 Å². The second-order valence-electron chi connectivity index (χ2n) is 6.12. The molecular formula is C18H22N8O3. The van der Waals surface area contributed by atoms with E-state index in [1.807, 2.05) is 38.1 Å². The van der Waals surface area contributed by atoms with Crippen LogP contribution in [-0.4, -0.2) is 43.5 Å². The van der Waals surface area contributed by atoms with Gasteiger partial charge in [0.05, 0.1) is 18.0 Å². The van der Waals surface area contributed by atoms with Crippen LogP contribution in [0.3, 0.4) is 0 Å². The van der Waals surface area contributed by atoms with Gasteiger partial charge in [-0.15, -0.1) is 5.10 Å². The van der Waals surface area contributed by atoms with Gasteiger partial charge in [0, 0.05) is 0 Å². The Bertz CT molecular complexity index is 1010. The Morgan fingerprint density at radius 3 is 2.66 bits per heavy atom. The highest BCUT2D eigenvalue weighted by Gasteiger charge is 2.23. The van der Waals surface area contributed by atoms with Crippen molar-refractivity contribution in [2.75, 3.05) is 12.3 Å². The predicted molar refractivity (Wildman–Crippen MR) is 105 cm³/mol. The molecule has 152 valence electrons. The molecule has 0 atom stereocenters. The molecular weight excluding hydrogens is 376 g/mol. The molecule has 11 heteroatoms. The van der Waals surface area contributed by atoms with Crippen molar-refractivity contribution in [3.63, 3.8) is 0 Å². The normalized spacial score (nSPS) is 11.5. The van der Waals surface area contributed by atoms with Gasteiger partial charge in [0.15, 0.2) is 5.69 Å². The second-order valence-corrected chi connectivity index (χ2v) is 6.12. The number of nitrogens with two attached hydrogens (primary N) is 1. The average Bonchev–Trinajstić information content (AvgIpc) is 3.33. The number of benzene rings is 1. The van der Waals surface area contributed by atoms with E-state index in [1.54, 1.807) is 6.92 Å². The van der Waals surface area contributed by atoms with Crippen LogP contribution in [0.1, 0.15) is 48.9 Å². The Balaban J connectivity index is 1.79. The van der Waals surface area contributed by atoms with Gasteiger partial charge in [-0.3, -0.25) is 4.79 Å².